The number of anilines is 1. The van der Waals surface area contributed by atoms with Crippen molar-refractivity contribution < 1.29 is 9.18 Å². The van der Waals surface area contributed by atoms with Crippen LogP contribution in [-0.2, 0) is 4.79 Å². The Morgan fingerprint density at radius 2 is 2.03 bits per heavy atom. The zero-order valence-electron chi connectivity index (χ0n) is 19.2. The lowest BCUT2D eigenvalue weighted by Gasteiger charge is -2.28. The number of rotatable bonds is 7. The van der Waals surface area contributed by atoms with Crippen molar-refractivity contribution in [3.05, 3.63) is 60.2 Å². The molecule has 1 amide bonds. The van der Waals surface area contributed by atoms with Crippen molar-refractivity contribution in [3.63, 3.8) is 0 Å². The lowest BCUT2D eigenvalue weighted by molar-refractivity contribution is -0.119. The third kappa shape index (κ3) is 5.11. The van der Waals surface area contributed by atoms with Gasteiger partial charge in [-0.05, 0) is 73.5 Å². The smallest absolute Gasteiger partial charge is 0.228 e. The summed E-state index contributed by atoms with van der Waals surface area (Å²) < 4.78 is 13.8. The van der Waals surface area contributed by atoms with Crippen LogP contribution in [0.1, 0.15) is 56.4 Å². The zero-order valence-corrected chi connectivity index (χ0v) is 19.2. The maximum atomic E-state index is 13.8. The predicted octanol–water partition coefficient (Wildman–Crippen LogP) is 5.49. The predicted molar refractivity (Wildman–Crippen MR) is 130 cm³/mol. The van der Waals surface area contributed by atoms with Crippen LogP contribution in [0.15, 0.2) is 48.8 Å². The second-order valence-electron chi connectivity index (χ2n) is 9.66. The fraction of sp³-hybridized carbons (Fsp3) is 0.481. The minimum Gasteiger partial charge on any atom is -0.361 e. The number of nitrogens with one attached hydrogen (secondary N) is 1. The van der Waals surface area contributed by atoms with Gasteiger partial charge in [-0.1, -0.05) is 25.3 Å². The molecule has 0 radical (unpaired) electrons. The third-order valence-electron chi connectivity index (χ3n) is 7.44. The molecule has 1 saturated carbocycles. The van der Waals surface area contributed by atoms with Crippen LogP contribution in [0.5, 0.6) is 0 Å². The van der Waals surface area contributed by atoms with Crippen molar-refractivity contribution in [2.75, 3.05) is 31.1 Å². The molecule has 1 unspecified atom stereocenters. The first-order chi connectivity index (χ1) is 16.2. The first kappa shape index (κ1) is 22.1. The number of benzene rings is 1. The van der Waals surface area contributed by atoms with E-state index < -0.39 is 0 Å². The number of hydrogen-bond acceptors (Lipinski definition) is 3. The first-order valence-corrected chi connectivity index (χ1v) is 12.4. The lowest BCUT2D eigenvalue weighted by atomic mass is 9.86. The monoisotopic (exact) mass is 448 g/mol. The quantitative estimate of drug-likeness (QED) is 0.520. The molecule has 6 heteroatoms. The molecular weight excluding hydrogens is 415 g/mol. The van der Waals surface area contributed by atoms with E-state index in [-0.39, 0.29) is 11.7 Å². The second kappa shape index (κ2) is 10.0. The Balaban J connectivity index is 1.23. The summed E-state index contributed by atoms with van der Waals surface area (Å²) in [6.45, 7) is 3.38. The van der Waals surface area contributed by atoms with E-state index in [2.05, 4.69) is 14.9 Å². The Labute approximate surface area is 195 Å². The number of aromatic amines is 1. The van der Waals surface area contributed by atoms with E-state index in [0.29, 0.717) is 24.8 Å². The summed E-state index contributed by atoms with van der Waals surface area (Å²) in [5.41, 5.74) is 2.18. The molecule has 3 aromatic rings. The SMILES string of the molecule is O=C(CC1CCCCC1)N(CCN1CCC(c2c[nH]c3ccc(F)cc23)C1)c1ccccn1. The van der Waals surface area contributed by atoms with Crippen molar-refractivity contribution >= 4 is 22.6 Å². The number of carbonyl (C=O) groups excluding carboxylic acids is 1. The van der Waals surface area contributed by atoms with Gasteiger partial charge in [0.15, 0.2) is 0 Å². The maximum Gasteiger partial charge on any atom is 0.228 e. The minimum absolute atomic E-state index is 0.194. The van der Waals surface area contributed by atoms with Crippen molar-refractivity contribution in [2.24, 2.45) is 5.92 Å². The highest BCUT2D eigenvalue weighted by Crippen LogP contribution is 2.33. The molecule has 1 aliphatic heterocycles. The van der Waals surface area contributed by atoms with Gasteiger partial charge in [0.05, 0.1) is 0 Å². The van der Waals surface area contributed by atoms with Gasteiger partial charge in [-0.25, -0.2) is 9.37 Å². The van der Waals surface area contributed by atoms with Gasteiger partial charge in [-0.2, -0.15) is 0 Å². The van der Waals surface area contributed by atoms with Gasteiger partial charge in [0.25, 0.3) is 0 Å². The molecule has 174 valence electrons. The number of aromatic nitrogens is 2. The Bertz CT molecular complexity index is 1080. The molecule has 1 N–H and O–H groups in total. The van der Waals surface area contributed by atoms with Crippen molar-refractivity contribution in [1.82, 2.24) is 14.9 Å². The van der Waals surface area contributed by atoms with Crippen LogP contribution in [0.4, 0.5) is 10.2 Å². The number of H-pyrrole nitrogens is 1. The van der Waals surface area contributed by atoms with E-state index >= 15 is 0 Å². The number of nitrogens with zero attached hydrogens (tertiary/aromatic N) is 3. The fourth-order valence-corrected chi connectivity index (χ4v) is 5.61. The van der Waals surface area contributed by atoms with Gasteiger partial charge in [-0.3, -0.25) is 9.69 Å². The van der Waals surface area contributed by atoms with Crippen LogP contribution in [0, 0.1) is 11.7 Å². The largest absolute Gasteiger partial charge is 0.361 e. The minimum atomic E-state index is -0.194. The Morgan fingerprint density at radius 1 is 1.15 bits per heavy atom. The molecule has 2 fully saturated rings. The average molecular weight is 449 g/mol. The summed E-state index contributed by atoms with van der Waals surface area (Å²) in [6.07, 6.45) is 11.6. The molecule has 0 bridgehead atoms. The number of hydrogen-bond donors (Lipinski definition) is 1. The Hall–Kier alpha value is -2.73. The summed E-state index contributed by atoms with van der Waals surface area (Å²) in [4.78, 5) is 25.4. The lowest BCUT2D eigenvalue weighted by Crippen LogP contribution is -2.39. The van der Waals surface area contributed by atoms with Crippen LogP contribution in [0.25, 0.3) is 10.9 Å². The molecule has 1 aromatic carbocycles. The molecule has 3 heterocycles. The number of fused-ring (bicyclic) bond motifs is 1. The number of likely N-dealkylation sites (tertiary alicyclic amines) is 1. The molecule has 33 heavy (non-hydrogen) atoms. The number of carbonyl (C=O) groups is 1. The van der Waals surface area contributed by atoms with Crippen LogP contribution in [0.2, 0.25) is 0 Å². The summed E-state index contributed by atoms with van der Waals surface area (Å²) in [5, 5.41) is 0.986. The van der Waals surface area contributed by atoms with Gasteiger partial charge in [0.1, 0.15) is 11.6 Å². The fourth-order valence-electron chi connectivity index (χ4n) is 5.61. The van der Waals surface area contributed by atoms with Crippen LogP contribution < -0.4 is 4.90 Å². The van der Waals surface area contributed by atoms with E-state index in [1.54, 1.807) is 12.3 Å². The molecule has 0 spiro atoms. The summed E-state index contributed by atoms with van der Waals surface area (Å²) in [7, 11) is 0. The number of amides is 1. The normalized spacial score (nSPS) is 19.8. The topological polar surface area (TPSA) is 52.2 Å². The summed E-state index contributed by atoms with van der Waals surface area (Å²) in [6, 6.07) is 10.7. The highest BCUT2D eigenvalue weighted by Gasteiger charge is 2.28. The number of halogens is 1. The Morgan fingerprint density at radius 3 is 2.85 bits per heavy atom. The molecule has 5 nitrogen and oxygen atoms in total. The highest BCUT2D eigenvalue weighted by atomic mass is 19.1. The van der Waals surface area contributed by atoms with Gasteiger partial charge in [0.2, 0.25) is 5.91 Å². The molecule has 2 aromatic heterocycles. The molecule has 1 aliphatic carbocycles. The standard InChI is InChI=1S/C27H33FN4O/c28-22-9-10-25-23(17-22)24(18-30-25)21-11-13-31(19-21)14-15-32(26-8-4-5-12-29-26)27(33)16-20-6-2-1-3-7-20/h4-5,8-10,12,17-18,20-21,30H,1-3,6-7,11,13-16,19H2. The molecule has 1 saturated heterocycles. The van der Waals surface area contributed by atoms with Gasteiger partial charge in [0, 0.05) is 49.4 Å². The second-order valence-corrected chi connectivity index (χ2v) is 9.66. The highest BCUT2D eigenvalue weighted by molar-refractivity contribution is 5.92. The van der Waals surface area contributed by atoms with Crippen LogP contribution in [-0.4, -0.2) is 47.0 Å². The van der Waals surface area contributed by atoms with Gasteiger partial charge >= 0.3 is 0 Å². The molecular formula is C27H33FN4O. The zero-order chi connectivity index (χ0) is 22.6. The van der Waals surface area contributed by atoms with E-state index in [9.17, 15) is 9.18 Å². The Kier molecular flexibility index (Phi) is 6.72. The molecule has 5 rings (SSSR count). The van der Waals surface area contributed by atoms with E-state index in [0.717, 1.165) is 42.8 Å². The number of pyridine rings is 1. The van der Waals surface area contributed by atoms with E-state index in [4.69, 9.17) is 0 Å². The van der Waals surface area contributed by atoms with E-state index in [1.807, 2.05) is 35.4 Å². The van der Waals surface area contributed by atoms with Crippen LogP contribution >= 0.6 is 0 Å². The van der Waals surface area contributed by atoms with Crippen molar-refractivity contribution in [3.8, 4) is 0 Å². The maximum absolute atomic E-state index is 13.8. The van der Waals surface area contributed by atoms with E-state index in [1.165, 1.54) is 43.7 Å². The first-order valence-electron chi connectivity index (χ1n) is 12.4. The average Bonchev–Trinajstić information content (AvgIpc) is 3.47. The molecule has 2 aliphatic rings. The van der Waals surface area contributed by atoms with Crippen LogP contribution in [0.3, 0.4) is 0 Å². The van der Waals surface area contributed by atoms with Gasteiger partial charge in [-0.15, -0.1) is 0 Å². The summed E-state index contributed by atoms with van der Waals surface area (Å²) in [5.74, 6) is 1.64. The molecule has 1 atom stereocenters. The summed E-state index contributed by atoms with van der Waals surface area (Å²) >= 11 is 0. The van der Waals surface area contributed by atoms with Gasteiger partial charge < -0.3 is 9.88 Å². The van der Waals surface area contributed by atoms with Crippen molar-refractivity contribution in [1.29, 1.82) is 0 Å². The van der Waals surface area contributed by atoms with Crippen molar-refractivity contribution in [2.45, 2.75) is 50.9 Å². The third-order valence-corrected chi connectivity index (χ3v) is 7.44.